The van der Waals surface area contributed by atoms with E-state index in [0.717, 1.165) is 46.4 Å². The summed E-state index contributed by atoms with van der Waals surface area (Å²) < 4.78 is 7.10. The highest BCUT2D eigenvalue weighted by molar-refractivity contribution is 7.98. The molecule has 0 spiro atoms. The van der Waals surface area contributed by atoms with Crippen molar-refractivity contribution in [2.45, 2.75) is 31.0 Å². The number of nitrogens with zero attached hydrogens (tertiary/aromatic N) is 6. The number of ether oxygens (including phenoxy) is 1. The molecule has 1 aromatic carbocycles. The highest BCUT2D eigenvalue weighted by atomic mass is 32.2. The summed E-state index contributed by atoms with van der Waals surface area (Å²) in [4.78, 5) is 24.5. The van der Waals surface area contributed by atoms with Gasteiger partial charge in [0.25, 0.3) is 5.91 Å². The van der Waals surface area contributed by atoms with Crippen LogP contribution in [0.25, 0.3) is 22.3 Å². The van der Waals surface area contributed by atoms with Gasteiger partial charge in [0.2, 0.25) is 0 Å². The maximum atomic E-state index is 12.7. The quantitative estimate of drug-likeness (QED) is 0.284. The first-order valence-electron chi connectivity index (χ1n) is 11.7. The van der Waals surface area contributed by atoms with Gasteiger partial charge in [-0.15, -0.1) is 0 Å². The lowest BCUT2D eigenvalue weighted by Crippen LogP contribution is -2.30. The molecule has 4 aromatic rings. The number of nitrogens with one attached hydrogen (secondary N) is 2. The number of carbonyl (C=O) groups is 1. The van der Waals surface area contributed by atoms with Crippen molar-refractivity contribution in [3.63, 3.8) is 0 Å². The largest absolute Gasteiger partial charge is 0.497 e. The first kappa shape index (κ1) is 23.2. The Balaban J connectivity index is 1.27. The molecule has 0 aliphatic carbocycles. The van der Waals surface area contributed by atoms with E-state index in [1.165, 1.54) is 31.0 Å². The third-order valence-corrected chi connectivity index (χ3v) is 6.64. The third-order valence-electron chi connectivity index (χ3n) is 6.09. The molecule has 35 heavy (non-hydrogen) atoms. The number of H-pyrrole nitrogens is 1. The molecule has 4 heterocycles. The first-order chi connectivity index (χ1) is 17.2. The number of aromatic amines is 1. The second-order valence-corrected chi connectivity index (χ2v) is 9.11. The third kappa shape index (κ3) is 4.95. The summed E-state index contributed by atoms with van der Waals surface area (Å²) in [5.41, 5.74) is 2.74. The minimum Gasteiger partial charge on any atom is -0.497 e. The number of anilines is 1. The average Bonchev–Trinajstić information content (AvgIpc) is 3.56. The Bertz CT molecular complexity index is 1330. The number of carbonyl (C=O) groups excluding carboxylic acids is 1. The van der Waals surface area contributed by atoms with Crippen molar-refractivity contribution in [2.75, 3.05) is 37.9 Å². The minimum atomic E-state index is -0.225. The fourth-order valence-corrected chi connectivity index (χ4v) is 4.62. The maximum Gasteiger partial charge on any atom is 0.269 e. The van der Waals surface area contributed by atoms with Crippen molar-refractivity contribution >= 4 is 34.5 Å². The second kappa shape index (κ2) is 10.3. The summed E-state index contributed by atoms with van der Waals surface area (Å²) in [7, 11) is 1.62. The summed E-state index contributed by atoms with van der Waals surface area (Å²) in [6.07, 6.45) is 7.42. The Labute approximate surface area is 207 Å². The lowest BCUT2D eigenvalue weighted by atomic mass is 10.1. The molecule has 0 unspecified atom stereocenters. The van der Waals surface area contributed by atoms with Crippen LogP contribution in [-0.4, -0.2) is 68.9 Å². The van der Waals surface area contributed by atoms with Crippen LogP contribution < -0.4 is 15.0 Å². The van der Waals surface area contributed by atoms with E-state index in [2.05, 4.69) is 25.5 Å². The van der Waals surface area contributed by atoms with Crippen LogP contribution in [0.5, 0.6) is 5.75 Å². The lowest BCUT2D eigenvalue weighted by molar-refractivity contribution is 0.0947. The molecular weight excluding hydrogens is 464 g/mol. The second-order valence-electron chi connectivity index (χ2n) is 8.34. The SMILES string of the molecule is COc1cccc(-c2cc(C(=O)NCCn3ncc4c(N5CCCCC5)nc(SC)nc43)[nH]n2)c1. The summed E-state index contributed by atoms with van der Waals surface area (Å²) in [5.74, 6) is 1.47. The molecule has 0 radical (unpaired) electrons. The Morgan fingerprint density at radius 2 is 2.06 bits per heavy atom. The predicted molar refractivity (Wildman–Crippen MR) is 136 cm³/mol. The van der Waals surface area contributed by atoms with Gasteiger partial charge in [0.15, 0.2) is 10.8 Å². The van der Waals surface area contributed by atoms with Crippen LogP contribution in [0.1, 0.15) is 29.8 Å². The summed E-state index contributed by atoms with van der Waals surface area (Å²) in [6, 6.07) is 9.29. The highest BCUT2D eigenvalue weighted by Gasteiger charge is 2.20. The van der Waals surface area contributed by atoms with E-state index < -0.39 is 0 Å². The molecule has 3 aromatic heterocycles. The van der Waals surface area contributed by atoms with Crippen molar-refractivity contribution in [1.82, 2.24) is 35.3 Å². The number of fused-ring (bicyclic) bond motifs is 1. The van der Waals surface area contributed by atoms with Crippen molar-refractivity contribution in [2.24, 2.45) is 0 Å². The van der Waals surface area contributed by atoms with Crippen molar-refractivity contribution in [1.29, 1.82) is 0 Å². The molecule has 0 bridgehead atoms. The first-order valence-corrected chi connectivity index (χ1v) is 12.9. The van der Waals surface area contributed by atoms with E-state index in [0.29, 0.717) is 24.5 Å². The van der Waals surface area contributed by atoms with E-state index in [4.69, 9.17) is 14.7 Å². The van der Waals surface area contributed by atoms with E-state index in [1.54, 1.807) is 13.2 Å². The smallest absolute Gasteiger partial charge is 0.269 e. The van der Waals surface area contributed by atoms with E-state index in [1.807, 2.05) is 41.4 Å². The maximum absolute atomic E-state index is 12.7. The van der Waals surface area contributed by atoms with Gasteiger partial charge in [-0.2, -0.15) is 10.2 Å². The highest BCUT2D eigenvalue weighted by Crippen LogP contribution is 2.28. The zero-order valence-corrected chi connectivity index (χ0v) is 20.6. The fraction of sp³-hybridized carbons (Fsp3) is 0.375. The average molecular weight is 493 g/mol. The van der Waals surface area contributed by atoms with Gasteiger partial charge in [-0.3, -0.25) is 9.89 Å². The Kier molecular flexibility index (Phi) is 6.84. The van der Waals surface area contributed by atoms with E-state index >= 15 is 0 Å². The number of piperidine rings is 1. The monoisotopic (exact) mass is 492 g/mol. The lowest BCUT2D eigenvalue weighted by Gasteiger charge is -2.28. The Morgan fingerprint density at radius 1 is 1.20 bits per heavy atom. The van der Waals surface area contributed by atoms with E-state index in [-0.39, 0.29) is 5.91 Å². The summed E-state index contributed by atoms with van der Waals surface area (Å²) in [5, 5.41) is 16.3. The molecule has 2 N–H and O–H groups in total. The van der Waals surface area contributed by atoms with Crippen LogP contribution >= 0.6 is 11.8 Å². The molecule has 1 aliphatic rings. The van der Waals surface area contributed by atoms with E-state index in [9.17, 15) is 4.79 Å². The zero-order chi connectivity index (χ0) is 24.2. The van der Waals surface area contributed by atoms with Crippen LogP contribution in [0.15, 0.2) is 41.7 Å². The number of aromatic nitrogens is 6. The number of benzene rings is 1. The molecular formula is C24H28N8O2S. The molecule has 1 amide bonds. The van der Waals surface area contributed by atoms with Gasteiger partial charge >= 0.3 is 0 Å². The number of hydrogen-bond acceptors (Lipinski definition) is 8. The normalized spacial score (nSPS) is 13.8. The fourth-order valence-electron chi connectivity index (χ4n) is 4.26. The van der Waals surface area contributed by atoms with Crippen LogP contribution in [0, 0.1) is 0 Å². The van der Waals surface area contributed by atoms with Crippen LogP contribution in [0.2, 0.25) is 0 Å². The van der Waals surface area contributed by atoms with Gasteiger partial charge in [0, 0.05) is 25.2 Å². The minimum absolute atomic E-state index is 0.225. The molecule has 1 saturated heterocycles. The summed E-state index contributed by atoms with van der Waals surface area (Å²) >= 11 is 1.52. The molecule has 1 fully saturated rings. The molecule has 1 aliphatic heterocycles. The van der Waals surface area contributed by atoms with Crippen molar-refractivity contribution in [3.8, 4) is 17.0 Å². The molecule has 10 nitrogen and oxygen atoms in total. The van der Waals surface area contributed by atoms with Gasteiger partial charge in [0.05, 0.1) is 30.9 Å². The number of hydrogen-bond donors (Lipinski definition) is 2. The Hall–Kier alpha value is -3.60. The van der Waals surface area contributed by atoms with Gasteiger partial charge in [0.1, 0.15) is 17.3 Å². The topological polar surface area (TPSA) is 114 Å². The number of thioether (sulfide) groups is 1. The number of rotatable bonds is 8. The zero-order valence-electron chi connectivity index (χ0n) is 19.8. The summed E-state index contributed by atoms with van der Waals surface area (Å²) in [6.45, 7) is 2.91. The molecule has 0 saturated carbocycles. The standard InChI is InChI=1S/C24H28N8O2S/c1-34-17-8-6-7-16(13-17)19-14-20(30-29-19)23(33)25-9-12-32-22-18(15-26-32)21(27-24(28-22)35-2)31-10-4-3-5-11-31/h6-8,13-15H,3-5,9-12H2,1-2H3,(H,25,33)(H,29,30). The van der Waals surface area contributed by atoms with Crippen LogP contribution in [-0.2, 0) is 6.54 Å². The molecule has 0 atom stereocenters. The molecule has 5 rings (SSSR count). The predicted octanol–water partition coefficient (Wildman–Crippen LogP) is 3.37. The molecule has 11 heteroatoms. The van der Waals surface area contributed by atoms with Gasteiger partial charge < -0.3 is 15.0 Å². The van der Waals surface area contributed by atoms with Gasteiger partial charge in [-0.05, 0) is 43.7 Å². The Morgan fingerprint density at radius 3 is 2.86 bits per heavy atom. The van der Waals surface area contributed by atoms with Gasteiger partial charge in [-0.25, -0.2) is 14.6 Å². The number of amides is 1. The van der Waals surface area contributed by atoms with Crippen LogP contribution in [0.4, 0.5) is 5.82 Å². The van der Waals surface area contributed by atoms with Crippen molar-refractivity contribution in [3.05, 3.63) is 42.2 Å². The van der Waals surface area contributed by atoms with Gasteiger partial charge in [-0.1, -0.05) is 23.9 Å². The molecule has 182 valence electrons. The van der Waals surface area contributed by atoms with Crippen molar-refractivity contribution < 1.29 is 9.53 Å². The van der Waals surface area contributed by atoms with Crippen LogP contribution in [0.3, 0.4) is 0 Å². The number of methoxy groups -OCH3 is 1.